The van der Waals surface area contributed by atoms with Crippen molar-refractivity contribution in [2.24, 2.45) is 11.8 Å². The third-order valence-corrected chi connectivity index (χ3v) is 4.76. The summed E-state index contributed by atoms with van der Waals surface area (Å²) in [5.74, 6) is 0.687. The molecular weight excluding hydrogens is 266 g/mol. The van der Waals surface area contributed by atoms with Gasteiger partial charge in [-0.1, -0.05) is 13.8 Å². The van der Waals surface area contributed by atoms with Gasteiger partial charge in [-0.2, -0.15) is 0 Å². The Morgan fingerprint density at radius 3 is 2.33 bits per heavy atom. The molecule has 120 valence electrons. The highest BCUT2D eigenvalue weighted by molar-refractivity contribution is 5.99. The van der Waals surface area contributed by atoms with Gasteiger partial charge in [-0.05, 0) is 58.7 Å². The van der Waals surface area contributed by atoms with Crippen molar-refractivity contribution in [3.63, 3.8) is 0 Å². The Morgan fingerprint density at radius 2 is 1.81 bits per heavy atom. The third-order valence-electron chi connectivity index (χ3n) is 4.76. The molecule has 0 saturated carbocycles. The second kappa shape index (κ2) is 5.95. The quantitative estimate of drug-likeness (QED) is 0.848. The van der Waals surface area contributed by atoms with Crippen molar-refractivity contribution in [2.75, 3.05) is 26.7 Å². The lowest BCUT2D eigenvalue weighted by molar-refractivity contribution is -0.156. The van der Waals surface area contributed by atoms with Crippen molar-refractivity contribution in [1.82, 2.24) is 15.1 Å². The smallest absolute Gasteiger partial charge is 0.248 e. The van der Waals surface area contributed by atoms with Crippen LogP contribution < -0.4 is 5.32 Å². The van der Waals surface area contributed by atoms with Gasteiger partial charge in [-0.15, -0.1) is 0 Å². The highest BCUT2D eigenvalue weighted by atomic mass is 16.2. The Hall–Kier alpha value is -1.10. The number of hydrogen-bond donors (Lipinski definition) is 1. The fourth-order valence-corrected chi connectivity index (χ4v) is 3.44. The Labute approximate surface area is 128 Å². The van der Waals surface area contributed by atoms with Crippen LogP contribution in [0.3, 0.4) is 0 Å². The monoisotopic (exact) mass is 295 g/mol. The van der Waals surface area contributed by atoms with Crippen molar-refractivity contribution in [1.29, 1.82) is 0 Å². The maximum Gasteiger partial charge on any atom is 0.248 e. The molecule has 0 aliphatic carbocycles. The van der Waals surface area contributed by atoms with E-state index in [0.29, 0.717) is 12.5 Å². The number of carbonyl (C=O) groups excluding carboxylic acids is 2. The Bertz CT molecular complexity index is 412. The van der Waals surface area contributed by atoms with Gasteiger partial charge < -0.3 is 15.1 Å². The lowest BCUT2D eigenvalue weighted by atomic mass is 9.88. The molecule has 2 amide bonds. The fraction of sp³-hybridized carbons (Fsp3) is 0.875. The molecule has 1 N–H and O–H groups in total. The van der Waals surface area contributed by atoms with Gasteiger partial charge in [0.05, 0.1) is 0 Å². The van der Waals surface area contributed by atoms with Crippen LogP contribution in [0, 0.1) is 11.8 Å². The number of carbonyl (C=O) groups is 2. The molecule has 2 aliphatic rings. The SMILES string of the molecule is CC(C)C1C(=O)NC(C)(C)C(=O)N1CC1CCN(C)CC1. The van der Waals surface area contributed by atoms with Crippen LogP contribution in [0.1, 0.15) is 40.5 Å². The molecule has 2 aliphatic heterocycles. The molecule has 2 saturated heterocycles. The zero-order valence-corrected chi connectivity index (χ0v) is 14.0. The second-order valence-electron chi connectivity index (χ2n) is 7.51. The lowest BCUT2D eigenvalue weighted by Crippen LogP contribution is -2.69. The average molecular weight is 295 g/mol. The molecule has 0 bridgehead atoms. The summed E-state index contributed by atoms with van der Waals surface area (Å²) in [6.07, 6.45) is 2.21. The molecular formula is C16H29N3O2. The Balaban J connectivity index is 2.14. The van der Waals surface area contributed by atoms with Gasteiger partial charge in [-0.25, -0.2) is 0 Å². The second-order valence-corrected chi connectivity index (χ2v) is 7.51. The maximum absolute atomic E-state index is 12.7. The van der Waals surface area contributed by atoms with Crippen LogP contribution in [0.15, 0.2) is 0 Å². The number of piperidine rings is 1. The molecule has 2 rings (SSSR count). The largest absolute Gasteiger partial charge is 0.340 e. The van der Waals surface area contributed by atoms with Gasteiger partial charge >= 0.3 is 0 Å². The zero-order chi connectivity index (χ0) is 15.8. The molecule has 0 aromatic rings. The van der Waals surface area contributed by atoms with Crippen LogP contribution in [-0.2, 0) is 9.59 Å². The van der Waals surface area contributed by atoms with E-state index in [0.717, 1.165) is 25.9 Å². The normalized spacial score (nSPS) is 28.1. The molecule has 21 heavy (non-hydrogen) atoms. The van der Waals surface area contributed by atoms with Gasteiger partial charge in [0.2, 0.25) is 11.8 Å². The number of hydrogen-bond acceptors (Lipinski definition) is 3. The summed E-state index contributed by atoms with van der Waals surface area (Å²) in [6, 6.07) is -0.329. The summed E-state index contributed by atoms with van der Waals surface area (Å²) < 4.78 is 0. The molecule has 1 atom stereocenters. The van der Waals surface area contributed by atoms with Crippen molar-refractivity contribution in [2.45, 2.75) is 52.1 Å². The van der Waals surface area contributed by atoms with Gasteiger partial charge in [0.15, 0.2) is 0 Å². The van der Waals surface area contributed by atoms with E-state index < -0.39 is 5.54 Å². The van der Waals surface area contributed by atoms with Crippen LogP contribution in [0.5, 0.6) is 0 Å². The van der Waals surface area contributed by atoms with E-state index in [9.17, 15) is 9.59 Å². The van der Waals surface area contributed by atoms with Crippen LogP contribution in [0.25, 0.3) is 0 Å². The summed E-state index contributed by atoms with van der Waals surface area (Å²) in [4.78, 5) is 29.3. The predicted molar refractivity (Wildman–Crippen MR) is 82.8 cm³/mol. The molecule has 0 aromatic carbocycles. The highest BCUT2D eigenvalue weighted by Gasteiger charge is 2.46. The van der Waals surface area contributed by atoms with Gasteiger partial charge in [0.25, 0.3) is 0 Å². The van der Waals surface area contributed by atoms with Crippen molar-refractivity contribution in [3.8, 4) is 0 Å². The van der Waals surface area contributed by atoms with Crippen LogP contribution in [0.2, 0.25) is 0 Å². The predicted octanol–water partition coefficient (Wildman–Crippen LogP) is 1.09. The first kappa shape index (κ1) is 16.3. The molecule has 0 aromatic heterocycles. The summed E-state index contributed by atoms with van der Waals surface area (Å²) in [7, 11) is 2.13. The third kappa shape index (κ3) is 3.39. The first-order chi connectivity index (χ1) is 9.72. The molecule has 1 unspecified atom stereocenters. The van der Waals surface area contributed by atoms with E-state index >= 15 is 0 Å². The van der Waals surface area contributed by atoms with E-state index in [2.05, 4.69) is 17.3 Å². The van der Waals surface area contributed by atoms with E-state index in [-0.39, 0.29) is 23.8 Å². The lowest BCUT2D eigenvalue weighted by Gasteiger charge is -2.46. The molecule has 2 fully saturated rings. The van der Waals surface area contributed by atoms with E-state index in [1.807, 2.05) is 18.7 Å². The Morgan fingerprint density at radius 1 is 1.24 bits per heavy atom. The highest BCUT2D eigenvalue weighted by Crippen LogP contribution is 2.26. The van der Waals surface area contributed by atoms with Crippen LogP contribution in [-0.4, -0.2) is 59.9 Å². The summed E-state index contributed by atoms with van der Waals surface area (Å²) in [5, 5.41) is 2.87. The van der Waals surface area contributed by atoms with Crippen molar-refractivity contribution < 1.29 is 9.59 Å². The number of likely N-dealkylation sites (tertiary alicyclic amines) is 1. The fourth-order valence-electron chi connectivity index (χ4n) is 3.44. The Kier molecular flexibility index (Phi) is 4.61. The first-order valence-corrected chi connectivity index (χ1v) is 8.04. The van der Waals surface area contributed by atoms with E-state index in [1.54, 1.807) is 13.8 Å². The summed E-state index contributed by atoms with van der Waals surface area (Å²) >= 11 is 0. The van der Waals surface area contributed by atoms with E-state index in [1.165, 1.54) is 0 Å². The topological polar surface area (TPSA) is 52.7 Å². The number of amides is 2. The molecule has 5 heteroatoms. The van der Waals surface area contributed by atoms with Gasteiger partial charge in [0.1, 0.15) is 11.6 Å². The van der Waals surface area contributed by atoms with Crippen LogP contribution in [0.4, 0.5) is 0 Å². The standard InChI is InChI=1S/C16H29N3O2/c1-11(2)13-14(20)17-16(3,4)15(21)19(13)10-12-6-8-18(5)9-7-12/h11-13H,6-10H2,1-5H3,(H,17,20). The van der Waals surface area contributed by atoms with Gasteiger partial charge in [-0.3, -0.25) is 9.59 Å². The first-order valence-electron chi connectivity index (χ1n) is 8.04. The summed E-state index contributed by atoms with van der Waals surface area (Å²) in [5.41, 5.74) is -0.784. The van der Waals surface area contributed by atoms with Gasteiger partial charge in [0, 0.05) is 6.54 Å². The zero-order valence-electron chi connectivity index (χ0n) is 14.0. The number of piperazine rings is 1. The minimum absolute atomic E-state index is 0.0115. The maximum atomic E-state index is 12.7. The average Bonchev–Trinajstić information content (AvgIpc) is 2.37. The van der Waals surface area contributed by atoms with Crippen molar-refractivity contribution in [3.05, 3.63) is 0 Å². The van der Waals surface area contributed by atoms with Crippen molar-refractivity contribution >= 4 is 11.8 Å². The number of nitrogens with zero attached hydrogens (tertiary/aromatic N) is 2. The minimum atomic E-state index is -0.784. The number of nitrogens with one attached hydrogen (secondary N) is 1. The number of rotatable bonds is 3. The summed E-state index contributed by atoms with van der Waals surface area (Å²) in [6.45, 7) is 10.5. The minimum Gasteiger partial charge on any atom is -0.340 e. The van der Waals surface area contributed by atoms with E-state index in [4.69, 9.17) is 0 Å². The molecule has 0 spiro atoms. The van der Waals surface area contributed by atoms with Crippen LogP contribution >= 0.6 is 0 Å². The molecule has 0 radical (unpaired) electrons. The molecule has 5 nitrogen and oxygen atoms in total. The molecule has 2 heterocycles.